The van der Waals surface area contributed by atoms with Gasteiger partial charge in [-0.05, 0) is 115 Å². The fourth-order valence-electron chi connectivity index (χ4n) is 6.89. The topological polar surface area (TPSA) is 16.4 Å². The molecule has 0 aliphatic rings. The largest absolute Gasteiger partial charge is 0.456 e. The number of hydrogen-bond donors (Lipinski definition) is 0. The van der Waals surface area contributed by atoms with Gasteiger partial charge in [-0.1, -0.05) is 127 Å². The summed E-state index contributed by atoms with van der Waals surface area (Å²) >= 11 is 0. The number of hydrogen-bond acceptors (Lipinski definition) is 2. The molecule has 0 spiro atoms. The molecule has 0 fully saturated rings. The molecule has 234 valence electrons. The highest BCUT2D eigenvalue weighted by molar-refractivity contribution is 6.19. The minimum absolute atomic E-state index is 0.00601. The maximum absolute atomic E-state index is 9.18. The van der Waals surface area contributed by atoms with E-state index < -0.39 is 18.1 Å². The van der Waals surface area contributed by atoms with Gasteiger partial charge in [0.15, 0.2) is 0 Å². The summed E-state index contributed by atoms with van der Waals surface area (Å²) in [5.74, 6) is 0. The van der Waals surface area contributed by atoms with E-state index in [1.165, 1.54) is 6.07 Å². The Labute approximate surface area is 305 Å². The van der Waals surface area contributed by atoms with Crippen LogP contribution in [0.2, 0.25) is 0 Å². The molecule has 0 N–H and O–H groups in total. The first-order chi connectivity index (χ1) is 29.3. The quantitative estimate of drug-likeness (QED) is 0.185. The fraction of sp³-hybridized carbons (Fsp3) is 0. The molecule has 1 aromatic heterocycles. The van der Waals surface area contributed by atoms with Crippen LogP contribution in [-0.2, 0) is 0 Å². The molecule has 0 unspecified atom stereocenters. The lowest BCUT2D eigenvalue weighted by molar-refractivity contribution is 0.669. The SMILES string of the molecule is [2H]c1cc2oc3c([2H])c([2H])c4cc(-c5ccc6cc(N(c7cc(-c8ccccc8)c8ccccc8c7)c7c([2H])c([2H])c([2H])c([2H])c7[2H])ccc6c5)cc([2H])c4c3c2c([2H])c1[2H]. The van der Waals surface area contributed by atoms with Crippen LogP contribution in [0.4, 0.5) is 17.1 Å². The highest BCUT2D eigenvalue weighted by Gasteiger charge is 2.17. The molecule has 10 aromatic rings. The Morgan fingerprint density at radius 1 is 0.400 bits per heavy atom. The highest BCUT2D eigenvalue weighted by atomic mass is 16.3. The summed E-state index contributed by atoms with van der Waals surface area (Å²) in [4.78, 5) is 1.72. The van der Waals surface area contributed by atoms with E-state index in [1.807, 2.05) is 103 Å². The Hall–Kier alpha value is -6.64. The van der Waals surface area contributed by atoms with E-state index in [0.717, 1.165) is 38.2 Å². The third-order valence-electron chi connectivity index (χ3n) is 9.22. The van der Waals surface area contributed by atoms with Crippen LogP contribution in [-0.4, -0.2) is 0 Å². The van der Waals surface area contributed by atoms with Gasteiger partial charge < -0.3 is 9.32 Å². The van der Waals surface area contributed by atoms with Gasteiger partial charge >= 0.3 is 0 Å². The molecular weight excluding hydrogens is 607 g/mol. The summed E-state index contributed by atoms with van der Waals surface area (Å²) in [6.45, 7) is 0. The average Bonchev–Trinajstić information content (AvgIpc) is 3.66. The van der Waals surface area contributed by atoms with Crippen molar-refractivity contribution in [2.45, 2.75) is 0 Å². The van der Waals surface area contributed by atoms with Gasteiger partial charge in [0.1, 0.15) is 11.2 Å². The van der Waals surface area contributed by atoms with Gasteiger partial charge in [0.2, 0.25) is 0 Å². The molecule has 0 saturated carbocycles. The standard InChI is InChI=1S/C48H31NO/c1-3-11-32(12-4-1)45-31-41(30-37-13-7-8-16-42(37)45)49(39-14-5-2-6-15-39)40-24-21-34-27-33(19-20-36(34)29-40)35-22-25-43-38(28-35)23-26-47-48(43)44-17-9-10-18-46(44)50-47/h1-31H/i2D,5D,6D,9D,10D,14D,15D,17D,23D,25D,26D. The molecule has 0 aliphatic heterocycles. The zero-order valence-corrected chi connectivity index (χ0v) is 26.4. The summed E-state index contributed by atoms with van der Waals surface area (Å²) in [5, 5.41) is 4.69. The van der Waals surface area contributed by atoms with Crippen molar-refractivity contribution < 1.29 is 19.5 Å². The number of benzene rings is 9. The molecule has 2 nitrogen and oxygen atoms in total. The van der Waals surface area contributed by atoms with Crippen LogP contribution in [0.25, 0.3) is 76.5 Å². The van der Waals surface area contributed by atoms with Crippen molar-refractivity contribution in [3.8, 4) is 22.3 Å². The summed E-state index contributed by atoms with van der Waals surface area (Å²) in [7, 11) is 0. The molecule has 50 heavy (non-hydrogen) atoms. The minimum Gasteiger partial charge on any atom is -0.456 e. The molecule has 0 bridgehead atoms. The number of furan rings is 1. The van der Waals surface area contributed by atoms with Crippen LogP contribution >= 0.6 is 0 Å². The van der Waals surface area contributed by atoms with Crippen molar-refractivity contribution in [3.63, 3.8) is 0 Å². The first kappa shape index (κ1) is 19.4. The Bertz CT molecular complexity index is 3480. The Kier molecular flexibility index (Phi) is 4.46. The molecular formula is C48H31NO. The molecule has 9 aromatic carbocycles. The molecule has 0 radical (unpaired) electrons. The predicted molar refractivity (Wildman–Crippen MR) is 212 cm³/mol. The van der Waals surface area contributed by atoms with E-state index in [0.29, 0.717) is 33.1 Å². The van der Waals surface area contributed by atoms with Gasteiger partial charge in [0, 0.05) is 27.8 Å². The zero-order valence-electron chi connectivity index (χ0n) is 37.4. The monoisotopic (exact) mass is 648 g/mol. The molecule has 2 heteroatoms. The van der Waals surface area contributed by atoms with Crippen LogP contribution in [0.3, 0.4) is 0 Å². The van der Waals surface area contributed by atoms with E-state index >= 15 is 0 Å². The lowest BCUT2D eigenvalue weighted by atomic mass is 9.96. The smallest absolute Gasteiger partial charge is 0.136 e. The van der Waals surface area contributed by atoms with Crippen molar-refractivity contribution in [3.05, 3.63) is 188 Å². The number of nitrogens with zero attached hydrogens (tertiary/aromatic N) is 1. The van der Waals surface area contributed by atoms with Gasteiger partial charge in [0.05, 0.1) is 15.1 Å². The van der Waals surface area contributed by atoms with Gasteiger partial charge in [-0.25, -0.2) is 0 Å². The Morgan fingerprint density at radius 2 is 1.16 bits per heavy atom. The van der Waals surface area contributed by atoms with Gasteiger partial charge in [-0.15, -0.1) is 0 Å². The maximum atomic E-state index is 9.18. The van der Waals surface area contributed by atoms with E-state index in [9.17, 15) is 1.37 Å². The number of rotatable bonds is 5. The maximum Gasteiger partial charge on any atom is 0.136 e. The predicted octanol–water partition coefficient (Wildman–Crippen LogP) is 13.8. The van der Waals surface area contributed by atoms with Crippen LogP contribution in [0.1, 0.15) is 15.1 Å². The van der Waals surface area contributed by atoms with Crippen LogP contribution in [0.5, 0.6) is 0 Å². The van der Waals surface area contributed by atoms with Gasteiger partial charge in [0.25, 0.3) is 0 Å². The second-order valence-corrected chi connectivity index (χ2v) is 12.1. The summed E-state index contributed by atoms with van der Waals surface area (Å²) in [6, 6.07) is 34.8. The summed E-state index contributed by atoms with van der Waals surface area (Å²) in [5.41, 5.74) is 4.58. The second kappa shape index (κ2) is 11.5. The third-order valence-corrected chi connectivity index (χ3v) is 9.22. The third kappa shape index (κ3) is 4.73. The summed E-state index contributed by atoms with van der Waals surface area (Å²) < 4.78 is 101. The van der Waals surface area contributed by atoms with Crippen LogP contribution in [0, 0.1) is 0 Å². The normalized spacial score (nSPS) is 14.7. The van der Waals surface area contributed by atoms with Crippen LogP contribution in [0.15, 0.2) is 192 Å². The van der Waals surface area contributed by atoms with Crippen molar-refractivity contribution in [2.24, 2.45) is 0 Å². The van der Waals surface area contributed by atoms with Crippen molar-refractivity contribution >= 4 is 71.3 Å². The van der Waals surface area contributed by atoms with Gasteiger partial charge in [-0.3, -0.25) is 0 Å². The summed E-state index contributed by atoms with van der Waals surface area (Å²) in [6.07, 6.45) is 0. The minimum atomic E-state index is -0.484. The number of fused-ring (bicyclic) bond motifs is 7. The average molecular weight is 649 g/mol. The van der Waals surface area contributed by atoms with E-state index in [4.69, 9.17) is 18.1 Å². The fourth-order valence-corrected chi connectivity index (χ4v) is 6.89. The first-order valence-electron chi connectivity index (χ1n) is 21.7. The first-order valence-corrected chi connectivity index (χ1v) is 16.2. The lowest BCUT2D eigenvalue weighted by Crippen LogP contribution is -2.10. The second-order valence-electron chi connectivity index (χ2n) is 12.1. The van der Waals surface area contributed by atoms with E-state index in [1.54, 1.807) is 17.0 Å². The van der Waals surface area contributed by atoms with E-state index in [2.05, 4.69) is 0 Å². The molecule has 10 rings (SSSR count). The van der Waals surface area contributed by atoms with Crippen molar-refractivity contribution in [1.82, 2.24) is 0 Å². The lowest BCUT2D eigenvalue weighted by Gasteiger charge is -2.27. The number of anilines is 3. The zero-order chi connectivity index (χ0) is 42.6. The Morgan fingerprint density at radius 3 is 2.08 bits per heavy atom. The van der Waals surface area contributed by atoms with E-state index in [-0.39, 0.29) is 70.6 Å². The van der Waals surface area contributed by atoms with Crippen molar-refractivity contribution in [1.29, 1.82) is 0 Å². The molecule has 0 atom stereocenters. The molecule has 0 saturated heterocycles. The van der Waals surface area contributed by atoms with Crippen LogP contribution < -0.4 is 4.90 Å². The van der Waals surface area contributed by atoms with Crippen molar-refractivity contribution in [2.75, 3.05) is 4.90 Å². The highest BCUT2D eigenvalue weighted by Crippen LogP contribution is 2.42. The number of para-hydroxylation sites is 2. The molecule has 0 aliphatic carbocycles. The Balaban J connectivity index is 1.15. The molecule has 1 heterocycles. The van der Waals surface area contributed by atoms with Gasteiger partial charge in [-0.2, -0.15) is 0 Å². The molecule has 0 amide bonds.